The number of carbonyl (C=O) groups excluding carboxylic acids is 1. The molecule has 174 valence electrons. The topological polar surface area (TPSA) is 26.3 Å². The smallest absolute Gasteiger partial charge is 0.308 e. The average Bonchev–Trinajstić information content (AvgIpc) is 2.72. The van der Waals surface area contributed by atoms with Crippen LogP contribution in [-0.4, -0.2) is 22.8 Å². The van der Waals surface area contributed by atoms with Crippen LogP contribution in [0.1, 0.15) is 143 Å². The molecule has 0 amide bonds. The van der Waals surface area contributed by atoms with Gasteiger partial charge >= 0.3 is 5.97 Å². The van der Waals surface area contributed by atoms with E-state index in [1.54, 1.807) is 0 Å². The van der Waals surface area contributed by atoms with E-state index in [1.165, 1.54) is 96.3 Å². The van der Waals surface area contributed by atoms with E-state index in [1.807, 2.05) is 0 Å². The molecule has 0 radical (unpaired) electrons. The third-order valence-corrected chi connectivity index (χ3v) is 8.52. The van der Waals surface area contributed by atoms with Crippen LogP contribution < -0.4 is 0 Å². The molecule has 0 rings (SSSR count). The fourth-order valence-corrected chi connectivity index (χ4v) is 5.77. The van der Waals surface area contributed by atoms with E-state index < -0.39 is 0 Å². The first-order valence-electron chi connectivity index (χ1n) is 13.2. The minimum absolute atomic E-state index is 0.149. The second-order valence-corrected chi connectivity index (χ2v) is 11.2. The standard InChI is InChI=1S/C26H54O2Si/c1-5-9-12-15-18-21-24(8-4)26(29,22-19-16-13-10-6-2)25(27)28-23-20-17-14-11-7-3/h24H,5-23H2,1-4,29H3. The van der Waals surface area contributed by atoms with Gasteiger partial charge in [0.15, 0.2) is 0 Å². The van der Waals surface area contributed by atoms with Crippen molar-refractivity contribution in [3.63, 3.8) is 0 Å². The summed E-state index contributed by atoms with van der Waals surface area (Å²) in [5.74, 6) is 0.671. The highest BCUT2D eigenvalue weighted by Crippen LogP contribution is 2.44. The number of esters is 1. The van der Waals surface area contributed by atoms with Gasteiger partial charge in [0.2, 0.25) is 0 Å². The van der Waals surface area contributed by atoms with Crippen molar-refractivity contribution in [3.8, 4) is 0 Å². The third kappa shape index (κ3) is 13.6. The average molecular weight is 427 g/mol. The lowest BCUT2D eigenvalue weighted by molar-refractivity contribution is -0.150. The van der Waals surface area contributed by atoms with Gasteiger partial charge < -0.3 is 4.74 Å². The number of ether oxygens (including phenoxy) is 1. The number of rotatable bonds is 21. The van der Waals surface area contributed by atoms with Crippen molar-refractivity contribution in [3.05, 3.63) is 0 Å². The second kappa shape index (κ2) is 19.6. The molecule has 0 aliphatic heterocycles. The van der Waals surface area contributed by atoms with Gasteiger partial charge in [0.1, 0.15) is 0 Å². The molecule has 0 aromatic heterocycles. The fraction of sp³-hybridized carbons (Fsp3) is 0.962. The molecule has 0 aliphatic carbocycles. The van der Waals surface area contributed by atoms with E-state index in [0.717, 1.165) is 29.5 Å². The molecule has 3 heteroatoms. The monoisotopic (exact) mass is 426 g/mol. The van der Waals surface area contributed by atoms with Crippen LogP contribution in [0.2, 0.25) is 5.04 Å². The van der Waals surface area contributed by atoms with Crippen LogP contribution in [0.5, 0.6) is 0 Å². The molecule has 2 atom stereocenters. The molecule has 0 aromatic carbocycles. The summed E-state index contributed by atoms with van der Waals surface area (Å²) < 4.78 is 5.89. The first-order chi connectivity index (χ1) is 14.1. The lowest BCUT2D eigenvalue weighted by Crippen LogP contribution is -2.34. The first-order valence-corrected chi connectivity index (χ1v) is 14.2. The molecule has 0 saturated carbocycles. The van der Waals surface area contributed by atoms with Crippen LogP contribution in [0, 0.1) is 5.92 Å². The molecule has 0 aliphatic rings. The molecule has 2 nitrogen and oxygen atoms in total. The predicted molar refractivity (Wildman–Crippen MR) is 133 cm³/mol. The SMILES string of the molecule is CCCCCCCOC(=O)C([SiH3])(CCCCCCC)C(CC)CCCCCCC. The Morgan fingerprint density at radius 3 is 1.72 bits per heavy atom. The van der Waals surface area contributed by atoms with Gasteiger partial charge in [-0.3, -0.25) is 4.79 Å². The Labute approximate surface area is 186 Å². The van der Waals surface area contributed by atoms with Gasteiger partial charge in [-0.15, -0.1) is 0 Å². The Hall–Kier alpha value is -0.313. The Morgan fingerprint density at radius 1 is 0.724 bits per heavy atom. The third-order valence-electron chi connectivity index (χ3n) is 6.80. The molecule has 0 aromatic rings. The van der Waals surface area contributed by atoms with Gasteiger partial charge in [-0.2, -0.15) is 0 Å². The molecular formula is C26H54O2Si. The van der Waals surface area contributed by atoms with Crippen LogP contribution >= 0.6 is 0 Å². The highest BCUT2D eigenvalue weighted by Gasteiger charge is 2.40. The highest BCUT2D eigenvalue weighted by atomic mass is 28.1. The first kappa shape index (κ1) is 28.7. The van der Waals surface area contributed by atoms with Crippen molar-refractivity contribution in [1.82, 2.24) is 0 Å². The summed E-state index contributed by atoms with van der Waals surface area (Å²) in [4.78, 5) is 13.2. The molecular weight excluding hydrogens is 372 g/mol. The van der Waals surface area contributed by atoms with Crippen molar-refractivity contribution in [2.75, 3.05) is 6.61 Å². The molecule has 29 heavy (non-hydrogen) atoms. The van der Waals surface area contributed by atoms with Crippen LogP contribution in [0.25, 0.3) is 0 Å². The summed E-state index contributed by atoms with van der Waals surface area (Å²) in [6.45, 7) is 9.70. The van der Waals surface area contributed by atoms with Crippen molar-refractivity contribution in [2.24, 2.45) is 5.92 Å². The summed E-state index contributed by atoms with van der Waals surface area (Å²) in [6, 6.07) is 0. The van der Waals surface area contributed by atoms with E-state index >= 15 is 0 Å². The highest BCUT2D eigenvalue weighted by molar-refractivity contribution is 6.27. The van der Waals surface area contributed by atoms with Crippen LogP contribution in [-0.2, 0) is 9.53 Å². The van der Waals surface area contributed by atoms with Gasteiger partial charge in [-0.25, -0.2) is 0 Å². The van der Waals surface area contributed by atoms with E-state index in [-0.39, 0.29) is 11.0 Å². The fourth-order valence-electron chi connectivity index (χ4n) is 4.57. The zero-order valence-electron chi connectivity index (χ0n) is 20.8. The van der Waals surface area contributed by atoms with Crippen LogP contribution in [0.4, 0.5) is 0 Å². The van der Waals surface area contributed by atoms with E-state index in [2.05, 4.69) is 27.7 Å². The molecule has 0 N–H and O–H groups in total. The zero-order valence-corrected chi connectivity index (χ0v) is 22.8. The number of unbranched alkanes of at least 4 members (excludes halogenated alkanes) is 12. The molecule has 0 heterocycles. The van der Waals surface area contributed by atoms with E-state index in [4.69, 9.17) is 4.74 Å². The summed E-state index contributed by atoms with van der Waals surface area (Å²) in [6.07, 6.45) is 22.4. The maximum Gasteiger partial charge on any atom is 0.308 e. The lowest BCUT2D eigenvalue weighted by atomic mass is 9.81. The van der Waals surface area contributed by atoms with Gasteiger partial charge in [-0.1, -0.05) is 124 Å². The zero-order chi connectivity index (χ0) is 21.8. The summed E-state index contributed by atoms with van der Waals surface area (Å²) in [7, 11) is 0.930. The Kier molecular flexibility index (Phi) is 19.4. The van der Waals surface area contributed by atoms with Gasteiger partial charge in [0, 0.05) is 10.2 Å². The molecule has 0 fully saturated rings. The maximum atomic E-state index is 13.2. The number of carbonyl (C=O) groups is 1. The molecule has 2 unspecified atom stereocenters. The largest absolute Gasteiger partial charge is 0.466 e. The lowest BCUT2D eigenvalue weighted by Gasteiger charge is -2.36. The molecule has 0 saturated heterocycles. The molecule has 0 bridgehead atoms. The van der Waals surface area contributed by atoms with Crippen molar-refractivity contribution < 1.29 is 9.53 Å². The second-order valence-electron chi connectivity index (χ2n) is 9.44. The quantitative estimate of drug-likeness (QED) is 0.106. The Bertz CT molecular complexity index is 372. The maximum absolute atomic E-state index is 13.2. The van der Waals surface area contributed by atoms with Crippen LogP contribution in [0.15, 0.2) is 0 Å². The van der Waals surface area contributed by atoms with Gasteiger partial charge in [0.05, 0.1) is 11.6 Å². The summed E-state index contributed by atoms with van der Waals surface area (Å²) in [5, 5.41) is -0.158. The summed E-state index contributed by atoms with van der Waals surface area (Å²) in [5.41, 5.74) is 0. The number of hydrogen-bond donors (Lipinski definition) is 0. The minimum Gasteiger partial charge on any atom is -0.466 e. The minimum atomic E-state index is -0.158. The van der Waals surface area contributed by atoms with Crippen molar-refractivity contribution >= 4 is 16.2 Å². The normalized spacial score (nSPS) is 14.6. The molecule has 0 spiro atoms. The van der Waals surface area contributed by atoms with Crippen LogP contribution in [0.3, 0.4) is 0 Å². The van der Waals surface area contributed by atoms with E-state index in [9.17, 15) is 4.79 Å². The Morgan fingerprint density at radius 2 is 1.21 bits per heavy atom. The Balaban J connectivity index is 4.70. The van der Waals surface area contributed by atoms with Gasteiger partial charge in [0.25, 0.3) is 0 Å². The van der Waals surface area contributed by atoms with E-state index in [0.29, 0.717) is 12.5 Å². The number of hydrogen-bond acceptors (Lipinski definition) is 2. The summed E-state index contributed by atoms with van der Waals surface area (Å²) >= 11 is 0. The predicted octanol–water partition coefficient (Wildman–Crippen LogP) is 7.77. The van der Waals surface area contributed by atoms with Gasteiger partial charge in [-0.05, 0) is 25.2 Å². The van der Waals surface area contributed by atoms with Crippen molar-refractivity contribution in [2.45, 2.75) is 148 Å². The van der Waals surface area contributed by atoms with Crippen molar-refractivity contribution in [1.29, 1.82) is 0 Å².